The van der Waals surface area contributed by atoms with Gasteiger partial charge < -0.3 is 0 Å². The van der Waals surface area contributed by atoms with Crippen molar-refractivity contribution in [3.8, 4) is 0 Å². The Morgan fingerprint density at radius 1 is 0.920 bits per heavy atom. The number of hydrogen-bond donors (Lipinski definition) is 0. The van der Waals surface area contributed by atoms with Crippen molar-refractivity contribution in [3.63, 3.8) is 0 Å². The average molecular weight is 518 g/mol. The van der Waals surface area contributed by atoms with E-state index in [1.165, 1.54) is 44.9 Å². The van der Waals surface area contributed by atoms with Crippen LogP contribution in [0.25, 0.3) is 0 Å². The molecule has 0 unspecified atom stereocenters. The van der Waals surface area contributed by atoms with Crippen LogP contribution in [-0.4, -0.2) is 0 Å². The smallest absolute Gasteiger partial charge is 0.162 e. The molecule has 2 fully saturated rings. The summed E-state index contributed by atoms with van der Waals surface area (Å²) in [7, 11) is 0. The molecule has 0 atom stereocenters. The number of allylic oxidation sites excluding steroid dienone is 1. The van der Waals surface area contributed by atoms with Crippen molar-refractivity contribution in [2.75, 3.05) is 0 Å². The summed E-state index contributed by atoms with van der Waals surface area (Å²) in [5, 5.41) is 0. The number of halogens is 2. The summed E-state index contributed by atoms with van der Waals surface area (Å²) >= 11 is 1.73. The van der Waals surface area contributed by atoms with Crippen LogP contribution >= 0.6 is 0 Å². The second kappa shape index (κ2) is 8.92. The largest absolute Gasteiger partial charge is 0.203 e. The summed E-state index contributed by atoms with van der Waals surface area (Å²) in [6.45, 7) is 1.63. The van der Waals surface area contributed by atoms with Crippen LogP contribution in [-0.2, 0) is 19.2 Å². The van der Waals surface area contributed by atoms with Crippen LogP contribution in [0.5, 0.6) is 0 Å². The molecule has 3 rings (SSSR count). The predicted octanol–water partition coefficient (Wildman–Crippen LogP) is 6.80. The van der Waals surface area contributed by atoms with E-state index in [2.05, 4.69) is 10.6 Å². The Hall–Kier alpha value is -0.518. The summed E-state index contributed by atoms with van der Waals surface area (Å²) in [6.07, 6.45) is 13.5. The van der Waals surface area contributed by atoms with Crippen molar-refractivity contribution in [3.05, 3.63) is 45.5 Å². The number of aryl methyl sites for hydroxylation is 1. The Morgan fingerprint density at radius 3 is 2.12 bits per heavy atom. The van der Waals surface area contributed by atoms with Gasteiger partial charge in [0.1, 0.15) is 0 Å². The van der Waals surface area contributed by atoms with Crippen molar-refractivity contribution < 1.29 is 28.0 Å². The first-order valence-corrected chi connectivity index (χ1v) is 11.4. The Morgan fingerprint density at radius 2 is 1.52 bits per heavy atom. The molecule has 0 aromatic heterocycles. The minimum Gasteiger partial charge on any atom is -0.203 e. The van der Waals surface area contributed by atoms with E-state index >= 15 is 0 Å². The minimum absolute atomic E-state index is 0.207. The zero-order chi connectivity index (χ0) is 17.8. The number of benzene rings is 1. The first-order chi connectivity index (χ1) is 12.1. The third-order valence-electron chi connectivity index (χ3n) is 6.63. The first kappa shape index (κ1) is 19.2. The molecule has 0 N–H and O–H groups in total. The van der Waals surface area contributed by atoms with Crippen LogP contribution in [0.3, 0.4) is 0 Å². The van der Waals surface area contributed by atoms with E-state index in [4.69, 9.17) is 0 Å². The molecule has 1 aromatic carbocycles. The van der Waals surface area contributed by atoms with Gasteiger partial charge in [0.2, 0.25) is 0 Å². The molecule has 0 spiro atoms. The van der Waals surface area contributed by atoms with Gasteiger partial charge in [0.15, 0.2) is 11.6 Å². The van der Waals surface area contributed by atoms with E-state index < -0.39 is 11.6 Å². The van der Waals surface area contributed by atoms with E-state index in [9.17, 15) is 8.78 Å². The third-order valence-corrected chi connectivity index (χ3v) is 7.27. The molecule has 3 heteroatoms. The molecule has 0 radical (unpaired) electrons. The molecule has 0 saturated heterocycles. The standard InChI is InChI=1S/C22H29F2.Re/c1-3-4-16-6-8-17(9-7-16)18-10-12-19(13-11-18)20-14-5-15(2)21(23)22(20)24;/h1,3,5,14,16-19H,4,6-13H2,2H3;. The summed E-state index contributed by atoms with van der Waals surface area (Å²) in [6, 6.07) is 3.54. The van der Waals surface area contributed by atoms with Gasteiger partial charge in [0, 0.05) is 0 Å². The monoisotopic (exact) mass is 518 g/mol. The van der Waals surface area contributed by atoms with Gasteiger partial charge in [-0.1, -0.05) is 12.1 Å². The summed E-state index contributed by atoms with van der Waals surface area (Å²) in [4.78, 5) is 0. The maximum Gasteiger partial charge on any atom is 0.162 e. The molecule has 1 aromatic rings. The zero-order valence-electron chi connectivity index (χ0n) is 15.1. The molecular formula is C22H29F2Re. The van der Waals surface area contributed by atoms with Gasteiger partial charge in [-0.25, -0.2) is 8.78 Å². The molecule has 0 nitrogen and oxygen atoms in total. The van der Waals surface area contributed by atoms with Crippen LogP contribution in [0, 0.1) is 36.3 Å². The molecule has 0 bridgehead atoms. The van der Waals surface area contributed by atoms with Crippen LogP contribution in [0.15, 0.2) is 22.8 Å². The van der Waals surface area contributed by atoms with E-state index in [1.54, 1.807) is 32.2 Å². The molecule has 25 heavy (non-hydrogen) atoms. The molecule has 0 heterocycles. The van der Waals surface area contributed by atoms with E-state index in [0.29, 0.717) is 11.1 Å². The van der Waals surface area contributed by atoms with Crippen LogP contribution in [0.2, 0.25) is 0 Å². The fourth-order valence-corrected chi connectivity index (χ4v) is 5.39. The molecular weight excluding hydrogens is 488 g/mol. The van der Waals surface area contributed by atoms with Crippen LogP contribution in [0.4, 0.5) is 8.78 Å². The fourth-order valence-electron chi connectivity index (χ4n) is 5.02. The second-order valence-electron chi connectivity index (χ2n) is 8.09. The Kier molecular flexibility index (Phi) is 6.87. The van der Waals surface area contributed by atoms with Gasteiger partial charge in [-0.05, 0) is 12.5 Å². The molecule has 2 aliphatic rings. The summed E-state index contributed by atoms with van der Waals surface area (Å²) in [5.74, 6) is 1.52. The fraction of sp³-hybridized carbons (Fsp3) is 0.636. The number of hydrogen-bond acceptors (Lipinski definition) is 0. The van der Waals surface area contributed by atoms with Crippen molar-refractivity contribution >= 4 is 0 Å². The third kappa shape index (κ3) is 4.61. The van der Waals surface area contributed by atoms with Crippen molar-refractivity contribution in [1.29, 1.82) is 0 Å². The Balaban J connectivity index is 1.52. The van der Waals surface area contributed by atoms with Crippen molar-refractivity contribution in [1.82, 2.24) is 0 Å². The summed E-state index contributed by atoms with van der Waals surface area (Å²) in [5.41, 5.74) is 1.02. The SMILES string of the molecule is Cc1ccc(C2CCC(C3CCC(C/C=[CH]/[Re])CC3)CC2)c(F)c1F. The van der Waals surface area contributed by atoms with Gasteiger partial charge in [0.05, 0.1) is 0 Å². The number of rotatable bonds is 4. The molecule has 0 aliphatic heterocycles. The zero-order valence-corrected chi connectivity index (χ0v) is 17.8. The van der Waals surface area contributed by atoms with Crippen LogP contribution < -0.4 is 0 Å². The molecule has 2 aliphatic carbocycles. The van der Waals surface area contributed by atoms with Gasteiger partial charge in [-0.3, -0.25) is 0 Å². The van der Waals surface area contributed by atoms with E-state index in [1.807, 2.05) is 6.07 Å². The van der Waals surface area contributed by atoms with Crippen molar-refractivity contribution in [2.24, 2.45) is 17.8 Å². The van der Waals surface area contributed by atoms with Crippen molar-refractivity contribution in [2.45, 2.75) is 70.6 Å². The second-order valence-corrected chi connectivity index (χ2v) is 8.99. The van der Waals surface area contributed by atoms with Gasteiger partial charge >= 0.3 is 117 Å². The molecule has 0 amide bonds. The quantitative estimate of drug-likeness (QED) is 0.412. The maximum atomic E-state index is 14.3. The topological polar surface area (TPSA) is 0 Å². The minimum atomic E-state index is -0.653. The summed E-state index contributed by atoms with van der Waals surface area (Å²) < 4.78 is 30.3. The Bertz CT molecular complexity index is 594. The van der Waals surface area contributed by atoms with E-state index in [-0.39, 0.29) is 5.92 Å². The predicted molar refractivity (Wildman–Crippen MR) is 95.0 cm³/mol. The maximum absolute atomic E-state index is 14.3. The van der Waals surface area contributed by atoms with Crippen LogP contribution in [0.1, 0.15) is 74.8 Å². The normalized spacial score (nSPS) is 30.7. The van der Waals surface area contributed by atoms with Gasteiger partial charge in [0.25, 0.3) is 0 Å². The van der Waals surface area contributed by atoms with Gasteiger partial charge in [-0.15, -0.1) is 0 Å². The Labute approximate surface area is 161 Å². The average Bonchev–Trinajstić information content (AvgIpc) is 2.65. The first-order valence-electron chi connectivity index (χ1n) is 9.79. The molecule has 2 saturated carbocycles. The molecule has 138 valence electrons. The van der Waals surface area contributed by atoms with Gasteiger partial charge in [-0.2, -0.15) is 0 Å². The van der Waals surface area contributed by atoms with E-state index in [0.717, 1.165) is 30.6 Å².